The van der Waals surface area contributed by atoms with Gasteiger partial charge in [0.15, 0.2) is 30.5 Å². The van der Waals surface area contributed by atoms with Crippen molar-refractivity contribution in [2.45, 2.75) is 6.82 Å². The fourth-order valence-electron chi connectivity index (χ4n) is 0.875. The Labute approximate surface area is 81.3 Å². The van der Waals surface area contributed by atoms with Crippen molar-refractivity contribution in [3.05, 3.63) is 27.7 Å². The lowest BCUT2D eigenvalue weighted by atomic mass is 9.72. The molecule has 0 aromatic heterocycles. The van der Waals surface area contributed by atoms with E-state index < -0.39 is 33.2 Å². The molecule has 0 nitrogen and oxygen atoms in total. The first kappa shape index (κ1) is 10.6. The molecule has 0 spiro atoms. The molecule has 0 saturated heterocycles. The predicted molar refractivity (Wildman–Crippen MR) is 45.2 cm³/mol. The average molecular weight is 254 g/mol. The van der Waals surface area contributed by atoms with Gasteiger partial charge in [-0.3, -0.25) is 0 Å². The third kappa shape index (κ3) is 1.59. The molecule has 0 aliphatic heterocycles. The van der Waals surface area contributed by atoms with E-state index in [4.69, 9.17) is 0 Å². The Morgan fingerprint density at radius 2 is 1.31 bits per heavy atom. The van der Waals surface area contributed by atoms with Crippen molar-refractivity contribution in [1.29, 1.82) is 0 Å². The molecule has 0 N–H and O–H groups in total. The zero-order chi connectivity index (χ0) is 10.2. The molecule has 0 bridgehead atoms. The summed E-state index contributed by atoms with van der Waals surface area (Å²) in [4.78, 5) is 0. The summed E-state index contributed by atoms with van der Waals surface area (Å²) in [5.41, 5.74) is -0.696. The number of benzene rings is 1. The summed E-state index contributed by atoms with van der Waals surface area (Å²) in [6.07, 6.45) is 0. The van der Waals surface area contributed by atoms with Crippen LogP contribution in [-0.2, 0) is 0 Å². The quantitative estimate of drug-likeness (QED) is 0.312. The molecule has 0 saturated carbocycles. The van der Waals surface area contributed by atoms with Gasteiger partial charge in [-0.2, -0.15) is 0 Å². The summed E-state index contributed by atoms with van der Waals surface area (Å²) < 4.78 is 50.4. The lowest BCUT2D eigenvalue weighted by molar-refractivity contribution is 0.455. The molecule has 0 heterocycles. The molecular weight excluding hydrogens is 251 g/mol. The molecule has 1 aromatic carbocycles. The van der Waals surface area contributed by atoms with Crippen LogP contribution in [0, 0.1) is 23.3 Å². The van der Waals surface area contributed by atoms with Crippen molar-refractivity contribution in [3.8, 4) is 0 Å². The molecule has 0 aliphatic rings. The van der Waals surface area contributed by atoms with E-state index in [1.807, 2.05) is 0 Å². The number of halogens is 5. The van der Waals surface area contributed by atoms with Crippen LogP contribution >= 0.6 is 15.9 Å². The maximum atomic E-state index is 12.9. The minimum Gasteiger partial charge on any atom is -0.204 e. The molecule has 0 atom stereocenters. The fourth-order valence-corrected chi connectivity index (χ4v) is 1.22. The first-order chi connectivity index (χ1) is 6.00. The van der Waals surface area contributed by atoms with Crippen LogP contribution in [0.3, 0.4) is 0 Å². The van der Waals surface area contributed by atoms with Crippen molar-refractivity contribution >= 4 is 28.7 Å². The highest BCUT2D eigenvalue weighted by atomic mass is 79.9. The minimum absolute atomic E-state index is 0.696. The normalized spacial score (nSPS) is 10.3. The summed E-state index contributed by atoms with van der Waals surface area (Å²) >= 11 is 2.40. The van der Waals surface area contributed by atoms with Crippen molar-refractivity contribution in [1.82, 2.24) is 0 Å². The Morgan fingerprint density at radius 3 is 1.62 bits per heavy atom. The summed E-state index contributed by atoms with van der Waals surface area (Å²) in [6, 6.07) is 0. The highest BCUT2D eigenvalue weighted by molar-refractivity contribution is 9.10. The van der Waals surface area contributed by atoms with Gasteiger partial charge in [0.2, 0.25) is 0 Å². The predicted octanol–water partition coefficient (Wildman–Crippen LogP) is 2.38. The SMILES string of the molecule is C[B]c1c(F)c(F)c(Br)c(F)c1F. The summed E-state index contributed by atoms with van der Waals surface area (Å²) in [6.45, 7) is 1.29. The van der Waals surface area contributed by atoms with Crippen LogP contribution in [-0.4, -0.2) is 7.28 Å². The minimum atomic E-state index is -1.42. The smallest absolute Gasteiger partial charge is 0.175 e. The van der Waals surface area contributed by atoms with Gasteiger partial charge in [-0.05, 0) is 21.4 Å². The van der Waals surface area contributed by atoms with E-state index >= 15 is 0 Å². The highest BCUT2D eigenvalue weighted by Gasteiger charge is 2.22. The second-order valence-corrected chi connectivity index (χ2v) is 3.07. The van der Waals surface area contributed by atoms with Crippen LogP contribution in [0.1, 0.15) is 0 Å². The number of hydrogen-bond acceptors (Lipinski definition) is 0. The first-order valence-electron chi connectivity index (χ1n) is 3.31. The van der Waals surface area contributed by atoms with Crippen LogP contribution in [0.2, 0.25) is 6.82 Å². The molecule has 6 heteroatoms. The lowest BCUT2D eigenvalue weighted by Crippen LogP contribution is -2.24. The molecule has 0 aliphatic carbocycles. The van der Waals surface area contributed by atoms with E-state index in [1.165, 1.54) is 6.82 Å². The Balaban J connectivity index is 3.56. The van der Waals surface area contributed by atoms with Gasteiger partial charge < -0.3 is 0 Å². The van der Waals surface area contributed by atoms with Crippen molar-refractivity contribution < 1.29 is 17.6 Å². The molecule has 1 radical (unpaired) electrons. The van der Waals surface area contributed by atoms with E-state index in [-0.39, 0.29) is 0 Å². The monoisotopic (exact) mass is 253 g/mol. The van der Waals surface area contributed by atoms with Gasteiger partial charge in [-0.1, -0.05) is 6.82 Å². The number of hydrogen-bond donors (Lipinski definition) is 0. The van der Waals surface area contributed by atoms with Gasteiger partial charge in [0.25, 0.3) is 0 Å². The van der Waals surface area contributed by atoms with Gasteiger partial charge in [-0.15, -0.1) is 0 Å². The zero-order valence-corrected chi connectivity index (χ0v) is 8.05. The van der Waals surface area contributed by atoms with Crippen LogP contribution < -0.4 is 5.46 Å². The lowest BCUT2D eigenvalue weighted by Gasteiger charge is -2.05. The first-order valence-corrected chi connectivity index (χ1v) is 4.10. The Hall–Kier alpha value is -0.515. The maximum Gasteiger partial charge on any atom is 0.175 e. The topological polar surface area (TPSA) is 0 Å². The van der Waals surface area contributed by atoms with Gasteiger partial charge >= 0.3 is 0 Å². The zero-order valence-electron chi connectivity index (χ0n) is 6.47. The van der Waals surface area contributed by atoms with Crippen LogP contribution in [0.15, 0.2) is 4.47 Å². The largest absolute Gasteiger partial charge is 0.204 e. The van der Waals surface area contributed by atoms with Crippen LogP contribution in [0.4, 0.5) is 17.6 Å². The molecule has 0 amide bonds. The molecule has 0 unspecified atom stereocenters. The molecular formula is C7H3BBrF4. The summed E-state index contributed by atoms with van der Waals surface area (Å²) in [5, 5.41) is 0. The van der Waals surface area contributed by atoms with Gasteiger partial charge in [0.1, 0.15) is 0 Å². The van der Waals surface area contributed by atoms with Crippen molar-refractivity contribution in [2.75, 3.05) is 0 Å². The Kier molecular flexibility index (Phi) is 3.00. The molecule has 1 aromatic rings. The fraction of sp³-hybridized carbons (Fsp3) is 0.143. The van der Waals surface area contributed by atoms with Crippen LogP contribution in [0.5, 0.6) is 0 Å². The Morgan fingerprint density at radius 1 is 0.923 bits per heavy atom. The molecule has 1 rings (SSSR count). The molecule has 0 fully saturated rings. The number of rotatable bonds is 1. The maximum absolute atomic E-state index is 12.9. The average Bonchev–Trinajstić information content (AvgIpc) is 2.13. The summed E-state index contributed by atoms with van der Waals surface area (Å²) in [5.74, 6) is -5.64. The standard InChI is InChI=1S/C7H3BBrF4/c1-8-2-4(10)6(12)3(9)7(13)5(2)11/h1H3. The van der Waals surface area contributed by atoms with Gasteiger partial charge in [-0.25, -0.2) is 17.6 Å². The van der Waals surface area contributed by atoms with E-state index in [2.05, 4.69) is 15.9 Å². The Bertz CT molecular complexity index is 324. The van der Waals surface area contributed by atoms with Crippen molar-refractivity contribution in [2.24, 2.45) is 0 Å². The van der Waals surface area contributed by atoms with E-state index in [9.17, 15) is 17.6 Å². The van der Waals surface area contributed by atoms with E-state index in [1.54, 1.807) is 0 Å². The molecule has 69 valence electrons. The molecule has 13 heavy (non-hydrogen) atoms. The van der Waals surface area contributed by atoms with Gasteiger partial charge in [0.05, 0.1) is 4.47 Å². The second-order valence-electron chi connectivity index (χ2n) is 2.27. The second kappa shape index (κ2) is 3.70. The highest BCUT2D eigenvalue weighted by Crippen LogP contribution is 2.22. The van der Waals surface area contributed by atoms with E-state index in [0.717, 1.165) is 7.28 Å². The third-order valence-corrected chi connectivity index (χ3v) is 2.23. The van der Waals surface area contributed by atoms with Crippen LogP contribution in [0.25, 0.3) is 0 Å². The van der Waals surface area contributed by atoms with E-state index in [0.29, 0.717) is 0 Å². The van der Waals surface area contributed by atoms with Gasteiger partial charge in [0, 0.05) is 0 Å². The summed E-state index contributed by atoms with van der Waals surface area (Å²) in [7, 11) is 0.962. The third-order valence-electron chi connectivity index (χ3n) is 1.53. The van der Waals surface area contributed by atoms with Crippen molar-refractivity contribution in [3.63, 3.8) is 0 Å².